The molecule has 0 radical (unpaired) electrons. The summed E-state index contributed by atoms with van der Waals surface area (Å²) < 4.78 is 48.0. The van der Waals surface area contributed by atoms with Crippen molar-refractivity contribution in [2.24, 2.45) is 0 Å². The third-order valence-corrected chi connectivity index (χ3v) is 8.83. The van der Waals surface area contributed by atoms with E-state index in [0.717, 1.165) is 25.6 Å². The van der Waals surface area contributed by atoms with Gasteiger partial charge >= 0.3 is 0 Å². The summed E-state index contributed by atoms with van der Waals surface area (Å²) >= 11 is 1.28. The van der Waals surface area contributed by atoms with Crippen LogP contribution in [0.1, 0.15) is 19.4 Å². The Morgan fingerprint density at radius 1 is 0.886 bits per heavy atom. The van der Waals surface area contributed by atoms with E-state index in [4.69, 9.17) is 0 Å². The van der Waals surface area contributed by atoms with Gasteiger partial charge < -0.3 is 4.90 Å². The number of carbonyl (C=O) groups is 1. The van der Waals surface area contributed by atoms with Gasteiger partial charge in [0.1, 0.15) is 0 Å². The van der Waals surface area contributed by atoms with Gasteiger partial charge in [0.05, 0.1) is 26.4 Å². The SMILES string of the molecule is CCN(CC)CCN(C(=O)Cc1ccc(S(C)(=O)=O)cc1)c1nc2ccc(S(C)(=O)=O)cc2s1.Cl. The molecule has 8 nitrogen and oxygen atoms in total. The normalized spacial score (nSPS) is 12.0. The Balaban J connectivity index is 0.00000432. The standard InChI is InChI=1S/C23H29N3O5S3.ClH/c1-5-25(6-2)13-14-26(22(27)15-17-7-9-18(10-8-17)33(3,28)29)23-24-20-12-11-19(34(4,30)31)16-21(20)32-23;/h7-12,16H,5-6,13-15H2,1-4H3;1H. The van der Waals surface area contributed by atoms with Gasteiger partial charge in [-0.1, -0.05) is 37.3 Å². The molecule has 1 amide bonds. The van der Waals surface area contributed by atoms with Gasteiger partial charge in [-0.05, 0) is 49.0 Å². The molecule has 0 aliphatic heterocycles. The Kier molecular flexibility index (Phi) is 9.83. The van der Waals surface area contributed by atoms with Crippen LogP contribution in [-0.2, 0) is 30.9 Å². The van der Waals surface area contributed by atoms with E-state index in [1.54, 1.807) is 29.2 Å². The highest BCUT2D eigenvalue weighted by Crippen LogP contribution is 2.31. The number of hydrogen-bond donors (Lipinski definition) is 0. The van der Waals surface area contributed by atoms with E-state index in [0.29, 0.717) is 34.0 Å². The topological polar surface area (TPSA) is 105 Å². The second-order valence-corrected chi connectivity index (χ2v) is 13.1. The lowest BCUT2D eigenvalue weighted by Crippen LogP contribution is -2.39. The molecule has 0 N–H and O–H groups in total. The molecule has 0 aliphatic carbocycles. The number of sulfone groups is 2. The molecule has 35 heavy (non-hydrogen) atoms. The van der Waals surface area contributed by atoms with Gasteiger partial charge in [0.25, 0.3) is 0 Å². The number of nitrogens with zero attached hydrogens (tertiary/aromatic N) is 3. The predicted molar refractivity (Wildman–Crippen MR) is 143 cm³/mol. The van der Waals surface area contributed by atoms with Crippen molar-refractivity contribution in [1.29, 1.82) is 0 Å². The first-order valence-corrected chi connectivity index (χ1v) is 15.4. The number of thiazole rings is 1. The molecular formula is C23H30ClN3O5S3. The third-order valence-electron chi connectivity index (χ3n) is 5.55. The minimum atomic E-state index is -3.36. The zero-order valence-corrected chi connectivity index (χ0v) is 23.4. The maximum atomic E-state index is 13.3. The van der Waals surface area contributed by atoms with E-state index in [9.17, 15) is 21.6 Å². The molecule has 1 aromatic heterocycles. The van der Waals surface area contributed by atoms with Crippen LogP contribution in [0.3, 0.4) is 0 Å². The molecule has 0 saturated heterocycles. The highest BCUT2D eigenvalue weighted by atomic mass is 35.5. The Morgan fingerprint density at radius 3 is 2.00 bits per heavy atom. The average molecular weight is 560 g/mol. The van der Waals surface area contributed by atoms with Gasteiger partial charge in [-0.25, -0.2) is 21.8 Å². The van der Waals surface area contributed by atoms with Crippen LogP contribution in [0.4, 0.5) is 5.13 Å². The van der Waals surface area contributed by atoms with E-state index in [-0.39, 0.29) is 34.5 Å². The van der Waals surface area contributed by atoms with E-state index < -0.39 is 19.7 Å². The van der Waals surface area contributed by atoms with Gasteiger partial charge in [0, 0.05) is 25.6 Å². The molecule has 3 aromatic rings. The lowest BCUT2D eigenvalue weighted by molar-refractivity contribution is -0.118. The minimum Gasteiger partial charge on any atom is -0.302 e. The minimum absolute atomic E-state index is 0. The van der Waals surface area contributed by atoms with Crippen LogP contribution in [0.25, 0.3) is 10.2 Å². The smallest absolute Gasteiger partial charge is 0.233 e. The number of fused-ring (bicyclic) bond motifs is 1. The lowest BCUT2D eigenvalue weighted by atomic mass is 10.1. The fraction of sp³-hybridized carbons (Fsp3) is 0.391. The first-order chi connectivity index (χ1) is 15.9. The van der Waals surface area contributed by atoms with Crippen LogP contribution in [0.2, 0.25) is 0 Å². The number of halogens is 1. The summed E-state index contributed by atoms with van der Waals surface area (Å²) in [6, 6.07) is 11.1. The fourth-order valence-electron chi connectivity index (χ4n) is 3.47. The molecular weight excluding hydrogens is 530 g/mol. The molecule has 2 aromatic carbocycles. The van der Waals surface area contributed by atoms with Crippen molar-refractivity contribution in [3.05, 3.63) is 48.0 Å². The number of amides is 1. The number of hydrogen-bond acceptors (Lipinski definition) is 8. The van der Waals surface area contributed by atoms with Crippen LogP contribution >= 0.6 is 23.7 Å². The molecule has 0 unspecified atom stereocenters. The summed E-state index contributed by atoms with van der Waals surface area (Å²) in [5, 5.41) is 0.505. The quantitative estimate of drug-likeness (QED) is 0.374. The highest BCUT2D eigenvalue weighted by Gasteiger charge is 2.22. The highest BCUT2D eigenvalue weighted by molar-refractivity contribution is 7.91. The maximum absolute atomic E-state index is 13.3. The third kappa shape index (κ3) is 7.47. The zero-order chi connectivity index (χ0) is 25.1. The van der Waals surface area contributed by atoms with E-state index in [2.05, 4.69) is 23.7 Å². The number of rotatable bonds is 10. The van der Waals surface area contributed by atoms with Gasteiger partial charge in [0.15, 0.2) is 24.8 Å². The Hall–Kier alpha value is -2.05. The molecule has 1 heterocycles. The van der Waals surface area contributed by atoms with Crippen LogP contribution in [0.5, 0.6) is 0 Å². The van der Waals surface area contributed by atoms with Gasteiger partial charge in [-0.2, -0.15) is 0 Å². The summed E-state index contributed by atoms with van der Waals surface area (Å²) in [6.45, 7) is 6.91. The number of likely N-dealkylation sites (N-methyl/N-ethyl adjacent to an activating group) is 1. The molecule has 0 atom stereocenters. The molecule has 12 heteroatoms. The Morgan fingerprint density at radius 2 is 1.46 bits per heavy atom. The molecule has 0 spiro atoms. The molecule has 3 rings (SSSR count). The molecule has 0 aliphatic rings. The monoisotopic (exact) mass is 559 g/mol. The number of anilines is 1. The van der Waals surface area contributed by atoms with E-state index >= 15 is 0 Å². The predicted octanol–water partition coefficient (Wildman–Crippen LogP) is 3.44. The van der Waals surface area contributed by atoms with Crippen LogP contribution < -0.4 is 4.90 Å². The van der Waals surface area contributed by atoms with Gasteiger partial charge in [0.2, 0.25) is 5.91 Å². The summed E-state index contributed by atoms with van der Waals surface area (Å²) in [5.41, 5.74) is 1.33. The number of benzene rings is 2. The summed E-state index contributed by atoms with van der Waals surface area (Å²) in [4.78, 5) is 22.2. The number of carbonyl (C=O) groups excluding carboxylic acids is 1. The molecule has 0 bridgehead atoms. The molecule has 0 fully saturated rings. The van der Waals surface area contributed by atoms with Gasteiger partial charge in [-0.3, -0.25) is 9.69 Å². The van der Waals surface area contributed by atoms with E-state index in [1.165, 1.54) is 29.5 Å². The Labute approximate surface area is 217 Å². The summed E-state index contributed by atoms with van der Waals surface area (Å²) in [7, 11) is -6.67. The van der Waals surface area contributed by atoms with Crippen molar-refractivity contribution in [2.45, 2.75) is 30.1 Å². The maximum Gasteiger partial charge on any atom is 0.233 e. The lowest BCUT2D eigenvalue weighted by Gasteiger charge is -2.24. The fourth-order valence-corrected chi connectivity index (χ4v) is 5.87. The van der Waals surface area contributed by atoms with Crippen molar-refractivity contribution in [3.8, 4) is 0 Å². The second kappa shape index (κ2) is 11.8. The van der Waals surface area contributed by atoms with Crippen LogP contribution in [0, 0.1) is 0 Å². The van der Waals surface area contributed by atoms with Crippen molar-refractivity contribution >= 4 is 64.7 Å². The van der Waals surface area contributed by atoms with Crippen molar-refractivity contribution in [2.75, 3.05) is 43.6 Å². The summed E-state index contributed by atoms with van der Waals surface area (Å²) in [5.74, 6) is -0.165. The van der Waals surface area contributed by atoms with E-state index in [1.807, 2.05) is 0 Å². The molecule has 0 saturated carbocycles. The zero-order valence-electron chi connectivity index (χ0n) is 20.1. The van der Waals surface area contributed by atoms with Crippen molar-refractivity contribution in [3.63, 3.8) is 0 Å². The second-order valence-electron chi connectivity index (χ2n) is 8.06. The van der Waals surface area contributed by atoms with Crippen molar-refractivity contribution in [1.82, 2.24) is 9.88 Å². The van der Waals surface area contributed by atoms with Gasteiger partial charge in [-0.15, -0.1) is 12.4 Å². The largest absolute Gasteiger partial charge is 0.302 e. The van der Waals surface area contributed by atoms with Crippen LogP contribution in [0.15, 0.2) is 52.3 Å². The average Bonchev–Trinajstić information content (AvgIpc) is 3.18. The summed E-state index contributed by atoms with van der Waals surface area (Å²) in [6.07, 6.45) is 2.39. The Bertz CT molecular complexity index is 1380. The van der Waals surface area contributed by atoms with Crippen LogP contribution in [-0.4, -0.2) is 71.3 Å². The number of aromatic nitrogens is 1. The van der Waals surface area contributed by atoms with Crippen molar-refractivity contribution < 1.29 is 21.6 Å². The first kappa shape index (κ1) is 29.2. The molecule has 192 valence electrons. The first-order valence-electron chi connectivity index (χ1n) is 10.8.